The Balaban J connectivity index is 1.83. The van der Waals surface area contributed by atoms with E-state index in [9.17, 15) is 17.4 Å². The number of hydrogen-bond donors (Lipinski definition) is 2. The topological polar surface area (TPSA) is 83.7 Å². The van der Waals surface area contributed by atoms with Gasteiger partial charge in [0, 0.05) is 51.6 Å². The molecule has 0 spiro atoms. The van der Waals surface area contributed by atoms with E-state index in [1.807, 2.05) is 30.3 Å². The summed E-state index contributed by atoms with van der Waals surface area (Å²) >= 11 is 0. The van der Waals surface area contributed by atoms with Crippen molar-refractivity contribution < 1.29 is 17.4 Å². The fraction of sp³-hybridized carbons (Fsp3) is 0.286. The predicted molar refractivity (Wildman–Crippen MR) is 110 cm³/mol. The molecule has 30 heavy (non-hydrogen) atoms. The molecule has 0 saturated carbocycles. The van der Waals surface area contributed by atoms with Gasteiger partial charge in [-0.15, -0.1) is 0 Å². The van der Waals surface area contributed by atoms with Crippen LogP contribution in [-0.2, 0) is 9.73 Å². The van der Waals surface area contributed by atoms with E-state index in [4.69, 9.17) is 10.0 Å². The molecule has 0 bridgehead atoms. The molecule has 0 amide bonds. The molecule has 1 aromatic heterocycles. The molecular formula is C21H19F3N4OS. The SMILES string of the molecule is CCS(=N)(=O)c1ccc(N2CC(C#N)(C(F)(F)F)C2)c(-c2cc3ccccc3[nH]2)c1. The zero-order chi connectivity index (χ0) is 21.7. The maximum atomic E-state index is 13.4. The van der Waals surface area contributed by atoms with Crippen molar-refractivity contribution in [3.63, 3.8) is 0 Å². The number of nitriles is 1. The highest BCUT2D eigenvalue weighted by molar-refractivity contribution is 7.92. The second-order valence-electron chi connectivity index (χ2n) is 7.46. The van der Waals surface area contributed by atoms with Crippen molar-refractivity contribution in [3.05, 3.63) is 48.5 Å². The van der Waals surface area contributed by atoms with E-state index in [1.54, 1.807) is 19.1 Å². The quantitative estimate of drug-likeness (QED) is 0.598. The molecule has 4 rings (SSSR count). The highest BCUT2D eigenvalue weighted by Gasteiger charge is 2.63. The van der Waals surface area contributed by atoms with Crippen LogP contribution in [0.2, 0.25) is 0 Å². The molecule has 3 aromatic rings. The summed E-state index contributed by atoms with van der Waals surface area (Å²) in [6.07, 6.45) is -4.61. The van der Waals surface area contributed by atoms with Crippen LogP contribution in [0.3, 0.4) is 0 Å². The van der Waals surface area contributed by atoms with Crippen LogP contribution < -0.4 is 4.90 Å². The Morgan fingerprint density at radius 2 is 1.93 bits per heavy atom. The van der Waals surface area contributed by atoms with Gasteiger partial charge in [0.15, 0.2) is 5.41 Å². The normalized spacial score (nSPS) is 17.9. The first-order valence-corrected chi connectivity index (χ1v) is 11.0. The first kappa shape index (κ1) is 20.3. The number of halogens is 3. The Morgan fingerprint density at radius 1 is 1.23 bits per heavy atom. The number of nitrogens with one attached hydrogen (secondary N) is 2. The minimum absolute atomic E-state index is 0.133. The number of nitrogens with zero attached hydrogens (tertiary/aromatic N) is 2. The smallest absolute Gasteiger partial charge is 0.367 e. The monoisotopic (exact) mass is 432 g/mol. The third-order valence-electron chi connectivity index (χ3n) is 5.59. The van der Waals surface area contributed by atoms with E-state index in [0.717, 1.165) is 10.9 Å². The predicted octanol–water partition coefficient (Wildman–Crippen LogP) is 5.15. The summed E-state index contributed by atoms with van der Waals surface area (Å²) in [5, 5.41) is 10.1. The molecule has 0 radical (unpaired) electrons. The second kappa shape index (κ2) is 6.77. The Hall–Kier alpha value is -2.99. The van der Waals surface area contributed by atoms with Gasteiger partial charge < -0.3 is 9.88 Å². The van der Waals surface area contributed by atoms with Gasteiger partial charge in [-0.25, -0.2) is 8.99 Å². The van der Waals surface area contributed by atoms with Gasteiger partial charge in [0.05, 0.1) is 15.8 Å². The lowest BCUT2D eigenvalue weighted by Crippen LogP contribution is -2.63. The average molecular weight is 432 g/mol. The first-order chi connectivity index (χ1) is 14.1. The van der Waals surface area contributed by atoms with E-state index in [2.05, 4.69) is 4.98 Å². The number of para-hydroxylation sites is 1. The number of H-pyrrole nitrogens is 1. The van der Waals surface area contributed by atoms with Gasteiger partial charge in [-0.3, -0.25) is 0 Å². The van der Waals surface area contributed by atoms with Gasteiger partial charge >= 0.3 is 6.18 Å². The average Bonchev–Trinajstić information content (AvgIpc) is 3.10. The molecule has 1 unspecified atom stereocenters. The summed E-state index contributed by atoms with van der Waals surface area (Å²) in [6, 6.07) is 15.6. The van der Waals surface area contributed by atoms with Crippen LogP contribution in [0.4, 0.5) is 18.9 Å². The van der Waals surface area contributed by atoms with Gasteiger partial charge in [0.1, 0.15) is 0 Å². The fourth-order valence-electron chi connectivity index (χ4n) is 3.69. The van der Waals surface area contributed by atoms with Gasteiger partial charge in [-0.05, 0) is 30.3 Å². The van der Waals surface area contributed by atoms with E-state index in [0.29, 0.717) is 21.8 Å². The Kier molecular flexibility index (Phi) is 4.58. The van der Waals surface area contributed by atoms with E-state index < -0.39 is 34.4 Å². The number of aromatic nitrogens is 1. The number of fused-ring (bicyclic) bond motifs is 1. The molecule has 2 aromatic carbocycles. The second-order valence-corrected chi connectivity index (χ2v) is 9.86. The van der Waals surface area contributed by atoms with Gasteiger partial charge in [0.25, 0.3) is 0 Å². The van der Waals surface area contributed by atoms with Crippen LogP contribution >= 0.6 is 0 Å². The maximum absolute atomic E-state index is 13.4. The summed E-state index contributed by atoms with van der Waals surface area (Å²) in [7, 11) is -3.01. The van der Waals surface area contributed by atoms with E-state index >= 15 is 0 Å². The Morgan fingerprint density at radius 3 is 2.53 bits per heavy atom. The number of benzene rings is 2. The summed E-state index contributed by atoms with van der Waals surface area (Å²) < 4.78 is 60.8. The number of rotatable bonds is 4. The highest BCUT2D eigenvalue weighted by Crippen LogP contribution is 2.48. The lowest BCUT2D eigenvalue weighted by molar-refractivity contribution is -0.209. The lowest BCUT2D eigenvalue weighted by atomic mass is 9.79. The van der Waals surface area contributed by atoms with Crippen molar-refractivity contribution >= 4 is 26.3 Å². The van der Waals surface area contributed by atoms with Crippen LogP contribution in [0.5, 0.6) is 0 Å². The Labute approximate surface area is 172 Å². The van der Waals surface area contributed by atoms with Crippen LogP contribution in [0.15, 0.2) is 53.4 Å². The molecule has 1 fully saturated rings. The summed E-state index contributed by atoms with van der Waals surface area (Å²) in [5.74, 6) is 0.133. The molecule has 1 saturated heterocycles. The molecule has 156 valence electrons. The van der Waals surface area contributed by atoms with E-state index in [1.165, 1.54) is 17.0 Å². The molecule has 0 aliphatic carbocycles. The lowest BCUT2D eigenvalue weighted by Gasteiger charge is -2.48. The zero-order valence-electron chi connectivity index (χ0n) is 16.1. The summed E-state index contributed by atoms with van der Waals surface area (Å²) in [5.41, 5.74) is 0.185. The van der Waals surface area contributed by atoms with Crippen LogP contribution in [0, 0.1) is 21.5 Å². The van der Waals surface area contributed by atoms with Crippen molar-refractivity contribution in [2.24, 2.45) is 5.41 Å². The fourth-order valence-corrected chi connectivity index (χ4v) is 4.62. The molecule has 1 atom stereocenters. The summed E-state index contributed by atoms with van der Waals surface area (Å²) in [6.45, 7) is 0.721. The molecule has 5 nitrogen and oxygen atoms in total. The third kappa shape index (κ3) is 3.12. The number of alkyl halides is 3. The number of hydrogen-bond acceptors (Lipinski definition) is 4. The third-order valence-corrected chi connectivity index (χ3v) is 7.42. The van der Waals surface area contributed by atoms with Crippen molar-refractivity contribution in [3.8, 4) is 17.3 Å². The molecular weight excluding hydrogens is 413 g/mol. The zero-order valence-corrected chi connectivity index (χ0v) is 16.9. The minimum atomic E-state index is -4.61. The highest BCUT2D eigenvalue weighted by atomic mass is 32.2. The van der Waals surface area contributed by atoms with Crippen molar-refractivity contribution in [2.45, 2.75) is 18.0 Å². The van der Waals surface area contributed by atoms with E-state index in [-0.39, 0.29) is 5.75 Å². The standard InChI is InChI=1S/C21H19F3N4OS/c1-2-30(26,29)15-7-8-19(28-12-20(11-25,13-28)21(22,23)24)16(10-15)18-9-14-5-3-4-6-17(14)27-18/h3-10,26-27H,2,12-13H2,1H3. The number of aromatic amines is 1. The molecule has 1 aliphatic rings. The molecule has 2 N–H and O–H groups in total. The largest absolute Gasteiger partial charge is 0.410 e. The van der Waals surface area contributed by atoms with Gasteiger partial charge in [0.2, 0.25) is 0 Å². The first-order valence-electron chi connectivity index (χ1n) is 9.32. The van der Waals surface area contributed by atoms with Gasteiger partial charge in [-0.1, -0.05) is 25.1 Å². The van der Waals surface area contributed by atoms with Crippen molar-refractivity contribution in [1.82, 2.24) is 4.98 Å². The molecule has 1 aliphatic heterocycles. The minimum Gasteiger partial charge on any atom is -0.367 e. The Bertz CT molecular complexity index is 1230. The van der Waals surface area contributed by atoms with Crippen molar-refractivity contribution in [2.75, 3.05) is 23.7 Å². The molecule has 2 heterocycles. The van der Waals surface area contributed by atoms with Crippen molar-refractivity contribution in [1.29, 1.82) is 10.0 Å². The van der Waals surface area contributed by atoms with Crippen LogP contribution in [-0.4, -0.2) is 34.2 Å². The van der Waals surface area contributed by atoms with Gasteiger partial charge in [-0.2, -0.15) is 18.4 Å². The summed E-state index contributed by atoms with van der Waals surface area (Å²) in [4.78, 5) is 5.07. The molecule has 9 heteroatoms. The maximum Gasteiger partial charge on any atom is 0.410 e. The van der Waals surface area contributed by atoms with Crippen LogP contribution in [0.1, 0.15) is 6.92 Å². The number of anilines is 1. The van der Waals surface area contributed by atoms with Crippen LogP contribution in [0.25, 0.3) is 22.2 Å².